The first-order chi connectivity index (χ1) is 17.0. The summed E-state index contributed by atoms with van der Waals surface area (Å²) >= 11 is 4.09. The average Bonchev–Trinajstić information content (AvgIpc) is 3.59. The molecule has 2 N–H and O–H groups in total. The van der Waals surface area contributed by atoms with Crippen LogP contribution in [0.5, 0.6) is 0 Å². The molecule has 0 aliphatic heterocycles. The van der Waals surface area contributed by atoms with Crippen molar-refractivity contribution in [1.82, 2.24) is 25.1 Å². The summed E-state index contributed by atoms with van der Waals surface area (Å²) in [6, 6.07) is 13.1. The van der Waals surface area contributed by atoms with E-state index in [4.69, 9.17) is 0 Å². The summed E-state index contributed by atoms with van der Waals surface area (Å²) in [6.45, 7) is 8.10. The van der Waals surface area contributed by atoms with Gasteiger partial charge in [0, 0.05) is 17.0 Å². The minimum Gasteiger partial charge on any atom is -0.342 e. The van der Waals surface area contributed by atoms with E-state index in [9.17, 15) is 9.59 Å². The van der Waals surface area contributed by atoms with E-state index in [0.29, 0.717) is 27.5 Å². The van der Waals surface area contributed by atoms with Crippen molar-refractivity contribution >= 4 is 51.4 Å². The molecule has 0 aliphatic carbocycles. The van der Waals surface area contributed by atoms with Crippen LogP contribution >= 0.6 is 34.4 Å². The van der Waals surface area contributed by atoms with Crippen molar-refractivity contribution in [3.8, 4) is 11.3 Å². The maximum Gasteiger partial charge on any atom is 0.261 e. The highest BCUT2D eigenvalue weighted by atomic mass is 32.2. The Balaban J connectivity index is 1.39. The number of thiophene rings is 1. The Kier molecular flexibility index (Phi) is 8.11. The van der Waals surface area contributed by atoms with Crippen LogP contribution in [-0.2, 0) is 11.3 Å². The molecule has 0 radical (unpaired) electrons. The highest BCUT2D eigenvalue weighted by molar-refractivity contribution is 7.99. The van der Waals surface area contributed by atoms with Gasteiger partial charge >= 0.3 is 0 Å². The standard InChI is InChI=1S/C24H24N6O2S3/c1-4-12-30-21(15(2)25-22(32)18-11-8-13-33-18)28-29-24(30)34-14-19(31)26-23-27-20(16(3)35-23)17-9-6-5-7-10-17/h4-11,13,15H,1,12,14H2,2-3H3,(H,25,32)(H,26,27,31)/t15-/m1/s1. The van der Waals surface area contributed by atoms with Crippen LogP contribution < -0.4 is 10.6 Å². The van der Waals surface area contributed by atoms with Crippen molar-refractivity contribution in [1.29, 1.82) is 0 Å². The number of aromatic nitrogens is 4. The second kappa shape index (κ2) is 11.4. The number of thiazole rings is 1. The van der Waals surface area contributed by atoms with Gasteiger partial charge in [0.1, 0.15) is 0 Å². The Hall–Kier alpha value is -3.28. The van der Waals surface area contributed by atoms with Gasteiger partial charge in [-0.25, -0.2) is 4.98 Å². The SMILES string of the molecule is C=CCn1c(SCC(=O)Nc2nc(-c3ccccc3)c(C)s2)nnc1[C@@H](C)NC(=O)c1cccs1. The quantitative estimate of drug-likeness (QED) is 0.219. The Bertz CT molecular complexity index is 1310. The summed E-state index contributed by atoms with van der Waals surface area (Å²) in [7, 11) is 0. The third kappa shape index (κ3) is 6.05. The van der Waals surface area contributed by atoms with Crippen molar-refractivity contribution in [2.45, 2.75) is 31.6 Å². The zero-order chi connectivity index (χ0) is 24.8. The van der Waals surface area contributed by atoms with E-state index < -0.39 is 0 Å². The average molecular weight is 525 g/mol. The number of amides is 2. The molecule has 3 heterocycles. The number of hydrogen-bond acceptors (Lipinski definition) is 8. The van der Waals surface area contributed by atoms with E-state index in [2.05, 4.69) is 32.4 Å². The van der Waals surface area contributed by atoms with Crippen LogP contribution in [-0.4, -0.2) is 37.3 Å². The van der Waals surface area contributed by atoms with E-state index in [1.165, 1.54) is 34.4 Å². The van der Waals surface area contributed by atoms with Crippen LogP contribution in [0, 0.1) is 6.92 Å². The van der Waals surface area contributed by atoms with Crippen molar-refractivity contribution in [2.75, 3.05) is 11.1 Å². The van der Waals surface area contributed by atoms with Gasteiger partial charge in [-0.05, 0) is 25.3 Å². The van der Waals surface area contributed by atoms with E-state index >= 15 is 0 Å². The molecule has 0 saturated carbocycles. The molecule has 1 atom stereocenters. The van der Waals surface area contributed by atoms with Gasteiger partial charge in [0.05, 0.1) is 22.4 Å². The molecule has 8 nitrogen and oxygen atoms in total. The smallest absolute Gasteiger partial charge is 0.261 e. The Morgan fingerprint density at radius 2 is 2.00 bits per heavy atom. The molecule has 180 valence electrons. The van der Waals surface area contributed by atoms with E-state index in [1.807, 2.05) is 60.2 Å². The lowest BCUT2D eigenvalue weighted by atomic mass is 10.1. The number of aryl methyl sites for hydroxylation is 1. The molecular formula is C24H24N6O2S3. The zero-order valence-corrected chi connectivity index (χ0v) is 21.7. The van der Waals surface area contributed by atoms with Crippen molar-refractivity contribution in [2.24, 2.45) is 0 Å². The second-order valence-electron chi connectivity index (χ2n) is 7.54. The zero-order valence-electron chi connectivity index (χ0n) is 19.2. The minimum atomic E-state index is -0.366. The number of anilines is 1. The number of thioether (sulfide) groups is 1. The molecule has 4 rings (SSSR count). The molecule has 4 aromatic rings. The summed E-state index contributed by atoms with van der Waals surface area (Å²) < 4.78 is 1.85. The molecule has 0 saturated heterocycles. The van der Waals surface area contributed by atoms with Crippen molar-refractivity contribution in [3.63, 3.8) is 0 Å². The number of allylic oxidation sites excluding steroid dienone is 1. The largest absolute Gasteiger partial charge is 0.342 e. The molecule has 2 amide bonds. The van der Waals surface area contributed by atoms with Gasteiger partial charge in [-0.3, -0.25) is 9.59 Å². The van der Waals surface area contributed by atoms with E-state index in [1.54, 1.807) is 12.1 Å². The van der Waals surface area contributed by atoms with Gasteiger partial charge in [-0.1, -0.05) is 54.2 Å². The molecule has 0 spiro atoms. The number of carbonyl (C=O) groups excluding carboxylic acids is 2. The second-order valence-corrected chi connectivity index (χ2v) is 10.6. The van der Waals surface area contributed by atoms with E-state index in [0.717, 1.165) is 16.1 Å². The lowest BCUT2D eigenvalue weighted by Crippen LogP contribution is -2.28. The highest BCUT2D eigenvalue weighted by Crippen LogP contribution is 2.30. The molecule has 0 fully saturated rings. The van der Waals surface area contributed by atoms with Crippen LogP contribution in [0.4, 0.5) is 5.13 Å². The number of nitrogens with one attached hydrogen (secondary N) is 2. The van der Waals surface area contributed by atoms with Crippen molar-refractivity contribution in [3.05, 3.63) is 76.1 Å². The molecule has 11 heteroatoms. The number of hydrogen-bond donors (Lipinski definition) is 2. The van der Waals surface area contributed by atoms with Crippen LogP contribution in [0.15, 0.2) is 65.7 Å². The molecule has 0 bridgehead atoms. The monoisotopic (exact) mass is 524 g/mol. The Labute approximate surface area is 215 Å². The van der Waals surface area contributed by atoms with Crippen LogP contribution in [0.2, 0.25) is 0 Å². The summed E-state index contributed by atoms with van der Waals surface area (Å²) in [4.78, 5) is 31.3. The fourth-order valence-electron chi connectivity index (χ4n) is 3.37. The first-order valence-electron chi connectivity index (χ1n) is 10.8. The van der Waals surface area contributed by atoms with Crippen LogP contribution in [0.25, 0.3) is 11.3 Å². The predicted molar refractivity (Wildman–Crippen MR) is 142 cm³/mol. The van der Waals surface area contributed by atoms with Gasteiger partial charge in [0.15, 0.2) is 16.1 Å². The number of nitrogens with zero attached hydrogens (tertiary/aromatic N) is 4. The summed E-state index contributed by atoms with van der Waals surface area (Å²) in [5, 5.41) is 17.3. The first-order valence-corrected chi connectivity index (χ1v) is 13.5. The van der Waals surface area contributed by atoms with Gasteiger partial charge < -0.3 is 15.2 Å². The third-order valence-electron chi connectivity index (χ3n) is 4.96. The molecule has 35 heavy (non-hydrogen) atoms. The van der Waals surface area contributed by atoms with Crippen molar-refractivity contribution < 1.29 is 9.59 Å². The fourth-order valence-corrected chi connectivity index (χ4v) is 5.60. The third-order valence-corrected chi connectivity index (χ3v) is 7.68. The highest BCUT2D eigenvalue weighted by Gasteiger charge is 2.21. The van der Waals surface area contributed by atoms with E-state index in [-0.39, 0.29) is 23.6 Å². The Morgan fingerprint density at radius 1 is 1.20 bits per heavy atom. The molecule has 3 aromatic heterocycles. The van der Waals surface area contributed by atoms with Gasteiger partial charge in [0.2, 0.25) is 5.91 Å². The Morgan fingerprint density at radius 3 is 2.71 bits per heavy atom. The number of carbonyl (C=O) groups is 2. The topological polar surface area (TPSA) is 102 Å². The first kappa shape index (κ1) is 24.8. The summed E-state index contributed by atoms with van der Waals surface area (Å²) in [6.07, 6.45) is 1.73. The fraction of sp³-hybridized carbons (Fsp3) is 0.208. The minimum absolute atomic E-state index is 0.143. The van der Waals surface area contributed by atoms with Crippen LogP contribution in [0.1, 0.15) is 33.3 Å². The molecular weight excluding hydrogens is 501 g/mol. The van der Waals surface area contributed by atoms with Gasteiger partial charge in [-0.15, -0.1) is 39.4 Å². The molecule has 0 aliphatic rings. The molecule has 0 unspecified atom stereocenters. The van der Waals surface area contributed by atoms with Crippen LogP contribution in [0.3, 0.4) is 0 Å². The normalized spacial score (nSPS) is 11.7. The molecule has 1 aromatic carbocycles. The van der Waals surface area contributed by atoms with Gasteiger partial charge in [-0.2, -0.15) is 0 Å². The summed E-state index contributed by atoms with van der Waals surface area (Å²) in [5.74, 6) is 0.394. The maximum atomic E-state index is 12.6. The predicted octanol–water partition coefficient (Wildman–Crippen LogP) is 5.18. The number of rotatable bonds is 10. The lowest BCUT2D eigenvalue weighted by Gasteiger charge is -2.14. The maximum absolute atomic E-state index is 12.6. The lowest BCUT2D eigenvalue weighted by molar-refractivity contribution is -0.113. The summed E-state index contributed by atoms with van der Waals surface area (Å²) in [5.41, 5.74) is 1.88. The number of benzene rings is 1. The van der Waals surface area contributed by atoms with Gasteiger partial charge in [0.25, 0.3) is 5.91 Å².